The van der Waals surface area contributed by atoms with Gasteiger partial charge in [-0.1, -0.05) is 45.4 Å². The van der Waals surface area contributed by atoms with Gasteiger partial charge in [0.1, 0.15) is 0 Å². The second kappa shape index (κ2) is 8.31. The summed E-state index contributed by atoms with van der Waals surface area (Å²) in [4.78, 5) is 23.8. The number of amides is 2. The number of rotatable bonds is 7. The quantitative estimate of drug-likeness (QED) is 0.712. The van der Waals surface area contributed by atoms with Gasteiger partial charge in [0, 0.05) is 22.5 Å². The Morgan fingerprint density at radius 2 is 1.91 bits per heavy atom. The summed E-state index contributed by atoms with van der Waals surface area (Å²) < 4.78 is 0. The van der Waals surface area contributed by atoms with Crippen LogP contribution >= 0.6 is 11.6 Å². The molecule has 5 nitrogen and oxygen atoms in total. The van der Waals surface area contributed by atoms with E-state index >= 15 is 0 Å². The van der Waals surface area contributed by atoms with Crippen molar-refractivity contribution in [1.82, 2.24) is 10.6 Å². The van der Waals surface area contributed by atoms with E-state index in [2.05, 4.69) is 10.6 Å². The second-order valence-corrected chi connectivity index (χ2v) is 7.08. The predicted molar refractivity (Wildman–Crippen MR) is 91.4 cm³/mol. The smallest absolute Gasteiger partial charge is 0.251 e. The van der Waals surface area contributed by atoms with Gasteiger partial charge in [0.25, 0.3) is 5.91 Å². The van der Waals surface area contributed by atoms with Gasteiger partial charge in [0.15, 0.2) is 0 Å². The standard InChI is InChI=1S/C17H25ClN2O3/c1-11(2)15(22)17(3,4)10-20-14(21)9-19-16(23)12-6-5-7-13(18)8-12/h5-8,11,15,22H,9-10H2,1-4H3,(H,19,23)(H,20,21). The minimum absolute atomic E-state index is 0.101. The lowest BCUT2D eigenvalue weighted by Crippen LogP contribution is -2.46. The molecule has 6 heteroatoms. The number of aliphatic hydroxyl groups is 1. The summed E-state index contributed by atoms with van der Waals surface area (Å²) in [5, 5.41) is 15.9. The van der Waals surface area contributed by atoms with Crippen molar-refractivity contribution in [2.45, 2.75) is 33.8 Å². The summed E-state index contributed by atoms with van der Waals surface area (Å²) in [6.45, 7) is 7.85. The first-order valence-electron chi connectivity index (χ1n) is 7.62. The van der Waals surface area contributed by atoms with Gasteiger partial charge in [-0.25, -0.2) is 0 Å². The van der Waals surface area contributed by atoms with Gasteiger partial charge in [-0.2, -0.15) is 0 Å². The molecule has 0 aliphatic rings. The number of nitrogens with one attached hydrogen (secondary N) is 2. The average molecular weight is 341 g/mol. The molecule has 0 fully saturated rings. The Labute approximate surface area is 142 Å². The van der Waals surface area contributed by atoms with Crippen LogP contribution < -0.4 is 10.6 Å². The molecule has 0 spiro atoms. The molecule has 0 aromatic heterocycles. The summed E-state index contributed by atoms with van der Waals surface area (Å²) in [6, 6.07) is 6.51. The Morgan fingerprint density at radius 3 is 2.48 bits per heavy atom. The second-order valence-electron chi connectivity index (χ2n) is 6.65. The van der Waals surface area contributed by atoms with Gasteiger partial charge in [0.05, 0.1) is 12.6 Å². The molecule has 0 radical (unpaired) electrons. The number of hydrogen-bond acceptors (Lipinski definition) is 3. The summed E-state index contributed by atoms with van der Waals surface area (Å²) in [6.07, 6.45) is -0.524. The summed E-state index contributed by atoms with van der Waals surface area (Å²) in [5.41, 5.74) is -0.0401. The van der Waals surface area contributed by atoms with Gasteiger partial charge < -0.3 is 15.7 Å². The largest absolute Gasteiger partial charge is 0.392 e. The van der Waals surface area contributed by atoms with E-state index in [9.17, 15) is 14.7 Å². The predicted octanol–water partition coefficient (Wildman–Crippen LogP) is 2.23. The van der Waals surface area contributed by atoms with E-state index < -0.39 is 11.5 Å². The molecular weight excluding hydrogens is 316 g/mol. The Balaban J connectivity index is 2.44. The maximum atomic E-state index is 11.9. The van der Waals surface area contributed by atoms with Gasteiger partial charge >= 0.3 is 0 Å². The molecule has 0 saturated carbocycles. The number of halogens is 1. The van der Waals surface area contributed by atoms with Crippen LogP contribution in [0.4, 0.5) is 0 Å². The van der Waals surface area contributed by atoms with Crippen LogP contribution in [0.5, 0.6) is 0 Å². The average Bonchev–Trinajstić information content (AvgIpc) is 2.49. The lowest BCUT2D eigenvalue weighted by Gasteiger charge is -2.33. The van der Waals surface area contributed by atoms with E-state index in [0.717, 1.165) is 0 Å². The zero-order chi connectivity index (χ0) is 17.6. The molecule has 1 unspecified atom stereocenters. The van der Waals surface area contributed by atoms with Crippen molar-refractivity contribution in [2.75, 3.05) is 13.1 Å². The Hall–Kier alpha value is -1.59. The van der Waals surface area contributed by atoms with Crippen molar-refractivity contribution >= 4 is 23.4 Å². The summed E-state index contributed by atoms with van der Waals surface area (Å²) in [5.74, 6) is -0.557. The van der Waals surface area contributed by atoms with Crippen LogP contribution in [0.25, 0.3) is 0 Å². The number of carbonyl (C=O) groups excluding carboxylic acids is 2. The molecule has 128 valence electrons. The van der Waals surface area contributed by atoms with E-state index in [1.165, 1.54) is 6.07 Å². The Morgan fingerprint density at radius 1 is 1.26 bits per heavy atom. The van der Waals surface area contributed by atoms with Gasteiger partial charge in [-0.3, -0.25) is 9.59 Å². The third-order valence-electron chi connectivity index (χ3n) is 3.67. The number of hydrogen-bond donors (Lipinski definition) is 3. The molecule has 0 aliphatic heterocycles. The van der Waals surface area contributed by atoms with Crippen molar-refractivity contribution in [3.8, 4) is 0 Å². The highest BCUT2D eigenvalue weighted by molar-refractivity contribution is 6.30. The van der Waals surface area contributed by atoms with Crippen molar-refractivity contribution < 1.29 is 14.7 Å². The molecule has 0 saturated heterocycles. The minimum atomic E-state index is -0.524. The molecular formula is C17H25ClN2O3. The molecule has 1 rings (SSSR count). The summed E-state index contributed by atoms with van der Waals surface area (Å²) >= 11 is 5.82. The van der Waals surface area contributed by atoms with Crippen LogP contribution in [-0.4, -0.2) is 36.1 Å². The molecule has 1 aromatic carbocycles. The third-order valence-corrected chi connectivity index (χ3v) is 3.90. The monoisotopic (exact) mass is 340 g/mol. The van der Waals surface area contributed by atoms with Crippen LogP contribution in [-0.2, 0) is 4.79 Å². The SMILES string of the molecule is CC(C)C(O)C(C)(C)CNC(=O)CNC(=O)c1cccc(Cl)c1. The molecule has 3 N–H and O–H groups in total. The van der Waals surface area contributed by atoms with Crippen LogP contribution in [0, 0.1) is 11.3 Å². The molecule has 1 aromatic rings. The molecule has 2 amide bonds. The van der Waals surface area contributed by atoms with E-state index in [1.807, 2.05) is 27.7 Å². The highest BCUT2D eigenvalue weighted by Crippen LogP contribution is 2.24. The summed E-state index contributed by atoms with van der Waals surface area (Å²) in [7, 11) is 0. The Bertz CT molecular complexity index is 559. The van der Waals surface area contributed by atoms with Crippen molar-refractivity contribution in [3.05, 3.63) is 34.9 Å². The number of aliphatic hydroxyl groups excluding tert-OH is 1. The lowest BCUT2D eigenvalue weighted by atomic mass is 9.81. The first kappa shape index (κ1) is 19.5. The third kappa shape index (κ3) is 6.20. The maximum absolute atomic E-state index is 11.9. The zero-order valence-corrected chi connectivity index (χ0v) is 14.8. The normalized spacial score (nSPS) is 12.8. The topological polar surface area (TPSA) is 78.4 Å². The zero-order valence-electron chi connectivity index (χ0n) is 14.0. The fraction of sp³-hybridized carbons (Fsp3) is 0.529. The van der Waals surface area contributed by atoms with Gasteiger partial charge in [0.2, 0.25) is 5.91 Å². The highest BCUT2D eigenvalue weighted by Gasteiger charge is 2.30. The molecule has 1 atom stereocenters. The Kier molecular flexibility index (Phi) is 7.03. The minimum Gasteiger partial charge on any atom is -0.392 e. The van der Waals surface area contributed by atoms with Crippen molar-refractivity contribution in [3.63, 3.8) is 0 Å². The fourth-order valence-corrected chi connectivity index (χ4v) is 2.48. The number of carbonyl (C=O) groups is 2. The van der Waals surface area contributed by atoms with Gasteiger partial charge in [-0.05, 0) is 24.1 Å². The van der Waals surface area contributed by atoms with E-state index in [4.69, 9.17) is 11.6 Å². The first-order chi connectivity index (χ1) is 10.6. The number of benzene rings is 1. The lowest BCUT2D eigenvalue weighted by molar-refractivity contribution is -0.121. The maximum Gasteiger partial charge on any atom is 0.251 e. The van der Waals surface area contributed by atoms with Crippen LogP contribution in [0.15, 0.2) is 24.3 Å². The van der Waals surface area contributed by atoms with Crippen LogP contribution in [0.3, 0.4) is 0 Å². The molecule has 0 bridgehead atoms. The van der Waals surface area contributed by atoms with E-state index in [0.29, 0.717) is 17.1 Å². The molecule has 0 aliphatic carbocycles. The fourth-order valence-electron chi connectivity index (χ4n) is 2.29. The van der Waals surface area contributed by atoms with E-state index in [-0.39, 0.29) is 24.3 Å². The van der Waals surface area contributed by atoms with Crippen molar-refractivity contribution in [1.29, 1.82) is 0 Å². The van der Waals surface area contributed by atoms with Crippen LogP contribution in [0.1, 0.15) is 38.1 Å². The molecule has 23 heavy (non-hydrogen) atoms. The first-order valence-corrected chi connectivity index (χ1v) is 8.00. The van der Waals surface area contributed by atoms with Gasteiger partial charge in [-0.15, -0.1) is 0 Å². The highest BCUT2D eigenvalue weighted by atomic mass is 35.5. The van der Waals surface area contributed by atoms with Crippen molar-refractivity contribution in [2.24, 2.45) is 11.3 Å². The van der Waals surface area contributed by atoms with Crippen LogP contribution in [0.2, 0.25) is 5.02 Å². The van der Waals surface area contributed by atoms with E-state index in [1.54, 1.807) is 18.2 Å². The molecule has 0 heterocycles.